The van der Waals surface area contributed by atoms with E-state index in [0.717, 1.165) is 0 Å². The smallest absolute Gasteiger partial charge is 0.237 e. The highest BCUT2D eigenvalue weighted by molar-refractivity contribution is 6.30. The van der Waals surface area contributed by atoms with Crippen molar-refractivity contribution in [3.8, 4) is 0 Å². The SMILES string of the molecule is Cl.O=C(NC[C@@H](O)c1cccc(Cl)c1F)C1CC(F)CN1. The molecule has 1 aliphatic rings. The van der Waals surface area contributed by atoms with Crippen molar-refractivity contribution in [1.82, 2.24) is 10.6 Å². The Morgan fingerprint density at radius 2 is 2.29 bits per heavy atom. The summed E-state index contributed by atoms with van der Waals surface area (Å²) in [7, 11) is 0. The third-order valence-corrected chi connectivity index (χ3v) is 3.50. The molecule has 0 spiro atoms. The van der Waals surface area contributed by atoms with Crippen LogP contribution in [0.5, 0.6) is 0 Å². The van der Waals surface area contributed by atoms with Crippen LogP contribution in [-0.2, 0) is 4.79 Å². The van der Waals surface area contributed by atoms with E-state index in [0.29, 0.717) is 0 Å². The first-order valence-corrected chi connectivity index (χ1v) is 6.64. The molecule has 1 heterocycles. The first-order valence-electron chi connectivity index (χ1n) is 6.26. The minimum absolute atomic E-state index is 0. The predicted octanol–water partition coefficient (Wildman–Crippen LogP) is 1.75. The van der Waals surface area contributed by atoms with Gasteiger partial charge < -0.3 is 15.7 Å². The monoisotopic (exact) mass is 340 g/mol. The molecule has 4 nitrogen and oxygen atoms in total. The molecule has 1 aliphatic heterocycles. The highest BCUT2D eigenvalue weighted by atomic mass is 35.5. The maximum absolute atomic E-state index is 13.7. The maximum atomic E-state index is 13.7. The molecule has 0 aromatic heterocycles. The van der Waals surface area contributed by atoms with Gasteiger partial charge in [0.2, 0.25) is 5.91 Å². The lowest BCUT2D eigenvalue weighted by Crippen LogP contribution is -2.42. The van der Waals surface area contributed by atoms with Crippen LogP contribution < -0.4 is 10.6 Å². The zero-order chi connectivity index (χ0) is 14.7. The highest BCUT2D eigenvalue weighted by Crippen LogP contribution is 2.23. The minimum atomic E-state index is -1.21. The lowest BCUT2D eigenvalue weighted by atomic mass is 10.1. The van der Waals surface area contributed by atoms with Crippen molar-refractivity contribution in [3.05, 3.63) is 34.6 Å². The molecular weight excluding hydrogens is 325 g/mol. The maximum Gasteiger partial charge on any atom is 0.237 e. The van der Waals surface area contributed by atoms with Gasteiger partial charge in [-0.3, -0.25) is 4.79 Å². The number of carbonyl (C=O) groups is 1. The minimum Gasteiger partial charge on any atom is -0.386 e. The van der Waals surface area contributed by atoms with E-state index in [9.17, 15) is 18.7 Å². The summed E-state index contributed by atoms with van der Waals surface area (Å²) < 4.78 is 26.6. The van der Waals surface area contributed by atoms with Gasteiger partial charge in [-0.25, -0.2) is 8.78 Å². The van der Waals surface area contributed by atoms with Crippen LogP contribution in [0.3, 0.4) is 0 Å². The summed E-state index contributed by atoms with van der Waals surface area (Å²) >= 11 is 5.62. The van der Waals surface area contributed by atoms with E-state index in [-0.39, 0.29) is 42.5 Å². The van der Waals surface area contributed by atoms with Crippen LogP contribution in [0.2, 0.25) is 5.02 Å². The second-order valence-electron chi connectivity index (χ2n) is 4.70. The largest absolute Gasteiger partial charge is 0.386 e. The van der Waals surface area contributed by atoms with Crippen LogP contribution >= 0.6 is 24.0 Å². The van der Waals surface area contributed by atoms with Gasteiger partial charge in [0.05, 0.1) is 17.2 Å². The van der Waals surface area contributed by atoms with Gasteiger partial charge in [0.15, 0.2) is 0 Å². The van der Waals surface area contributed by atoms with Crippen LogP contribution in [-0.4, -0.2) is 36.3 Å². The second kappa shape index (κ2) is 7.89. The van der Waals surface area contributed by atoms with E-state index in [2.05, 4.69) is 10.6 Å². The quantitative estimate of drug-likeness (QED) is 0.782. The van der Waals surface area contributed by atoms with Crippen molar-refractivity contribution in [1.29, 1.82) is 0 Å². The number of hydrogen-bond acceptors (Lipinski definition) is 3. The number of aliphatic hydroxyl groups excluding tert-OH is 1. The van der Waals surface area contributed by atoms with E-state index in [1.165, 1.54) is 18.2 Å². The average molecular weight is 341 g/mol. The lowest BCUT2D eigenvalue weighted by molar-refractivity contribution is -0.123. The summed E-state index contributed by atoms with van der Waals surface area (Å²) in [5.74, 6) is -1.12. The standard InChI is InChI=1S/C13H15ClF2N2O2.ClH/c14-9-3-1-2-8(12(9)16)11(19)6-18-13(20)10-4-7(15)5-17-10;/h1-3,7,10-11,17,19H,4-6H2,(H,18,20);1H/t7?,10?,11-;/m1./s1. The molecule has 1 aromatic carbocycles. The number of alkyl halides is 1. The number of carbonyl (C=O) groups excluding carboxylic acids is 1. The summed E-state index contributed by atoms with van der Waals surface area (Å²) in [4.78, 5) is 11.7. The number of amides is 1. The summed E-state index contributed by atoms with van der Waals surface area (Å²) in [5, 5.41) is 15.0. The molecule has 0 bridgehead atoms. The summed E-state index contributed by atoms with van der Waals surface area (Å²) in [5.41, 5.74) is 0.0144. The molecule has 3 N–H and O–H groups in total. The van der Waals surface area contributed by atoms with Gasteiger partial charge in [-0.1, -0.05) is 23.7 Å². The molecule has 2 rings (SSSR count). The molecule has 118 valence electrons. The van der Waals surface area contributed by atoms with Gasteiger partial charge in [-0.05, 0) is 6.07 Å². The number of benzene rings is 1. The fraction of sp³-hybridized carbons (Fsp3) is 0.462. The fourth-order valence-corrected chi connectivity index (χ4v) is 2.28. The molecule has 1 saturated heterocycles. The third kappa shape index (κ3) is 4.51. The van der Waals surface area contributed by atoms with Gasteiger partial charge in [0, 0.05) is 25.1 Å². The van der Waals surface area contributed by atoms with E-state index in [1.54, 1.807) is 0 Å². The zero-order valence-corrected chi connectivity index (χ0v) is 12.6. The second-order valence-corrected chi connectivity index (χ2v) is 5.11. The Hall–Kier alpha value is -0.950. The number of rotatable bonds is 4. The van der Waals surface area contributed by atoms with Gasteiger partial charge in [0.1, 0.15) is 12.0 Å². The summed E-state index contributed by atoms with van der Waals surface area (Å²) in [6.07, 6.45) is -2.14. The molecule has 0 saturated carbocycles. The normalized spacial score (nSPS) is 22.5. The number of hydrogen-bond donors (Lipinski definition) is 3. The molecule has 8 heteroatoms. The Balaban J connectivity index is 0.00000220. The van der Waals surface area contributed by atoms with E-state index < -0.39 is 30.0 Å². The van der Waals surface area contributed by atoms with E-state index in [4.69, 9.17) is 11.6 Å². The molecule has 1 amide bonds. The van der Waals surface area contributed by atoms with Gasteiger partial charge >= 0.3 is 0 Å². The Morgan fingerprint density at radius 3 is 2.90 bits per heavy atom. The molecule has 0 radical (unpaired) electrons. The predicted molar refractivity (Wildman–Crippen MR) is 77.9 cm³/mol. The van der Waals surface area contributed by atoms with Crippen molar-refractivity contribution in [2.45, 2.75) is 24.7 Å². The zero-order valence-electron chi connectivity index (χ0n) is 11.0. The Bertz CT molecular complexity index is 505. The summed E-state index contributed by atoms with van der Waals surface area (Å²) in [6.45, 7) is -0.0191. The van der Waals surface area contributed by atoms with Crippen LogP contribution in [0.15, 0.2) is 18.2 Å². The Labute approximate surface area is 132 Å². The Kier molecular flexibility index (Phi) is 6.80. The molecule has 1 fully saturated rings. The van der Waals surface area contributed by atoms with Crippen LogP contribution in [0.4, 0.5) is 8.78 Å². The molecule has 3 atom stereocenters. The topological polar surface area (TPSA) is 61.4 Å². The third-order valence-electron chi connectivity index (χ3n) is 3.20. The number of halogens is 4. The van der Waals surface area contributed by atoms with Crippen molar-refractivity contribution in [2.75, 3.05) is 13.1 Å². The van der Waals surface area contributed by atoms with Crippen LogP contribution in [0.1, 0.15) is 18.1 Å². The average Bonchev–Trinajstić information content (AvgIpc) is 2.85. The molecule has 21 heavy (non-hydrogen) atoms. The first-order chi connectivity index (χ1) is 9.49. The molecular formula is C13H16Cl2F2N2O2. The van der Waals surface area contributed by atoms with E-state index in [1.807, 2.05) is 0 Å². The lowest BCUT2D eigenvalue weighted by Gasteiger charge is -2.15. The van der Waals surface area contributed by atoms with Crippen LogP contribution in [0.25, 0.3) is 0 Å². The number of nitrogens with one attached hydrogen (secondary N) is 2. The Morgan fingerprint density at radius 1 is 1.57 bits per heavy atom. The van der Waals surface area contributed by atoms with Crippen molar-refractivity contribution >= 4 is 29.9 Å². The van der Waals surface area contributed by atoms with Crippen molar-refractivity contribution in [3.63, 3.8) is 0 Å². The molecule has 0 aliphatic carbocycles. The van der Waals surface area contributed by atoms with Gasteiger partial charge in [-0.15, -0.1) is 12.4 Å². The van der Waals surface area contributed by atoms with Gasteiger partial charge in [0.25, 0.3) is 0 Å². The van der Waals surface area contributed by atoms with Crippen LogP contribution in [0, 0.1) is 5.82 Å². The van der Waals surface area contributed by atoms with E-state index >= 15 is 0 Å². The number of aliphatic hydroxyl groups is 1. The van der Waals surface area contributed by atoms with Crippen molar-refractivity contribution < 1.29 is 18.7 Å². The summed E-state index contributed by atoms with van der Waals surface area (Å²) in [6, 6.07) is 3.66. The highest BCUT2D eigenvalue weighted by Gasteiger charge is 2.29. The van der Waals surface area contributed by atoms with Crippen molar-refractivity contribution in [2.24, 2.45) is 0 Å². The molecule has 1 aromatic rings. The van der Waals surface area contributed by atoms with Gasteiger partial charge in [-0.2, -0.15) is 0 Å². The first kappa shape index (κ1) is 18.1. The molecule has 2 unspecified atom stereocenters. The fourth-order valence-electron chi connectivity index (χ4n) is 2.10.